The molecule has 70 valence electrons. The second-order valence-electron chi connectivity index (χ2n) is 2.65. The Morgan fingerprint density at radius 3 is 2.58 bits per heavy atom. The number of carbonyl (C=O) groups is 2. The van der Waals surface area contributed by atoms with Crippen molar-refractivity contribution in [3.63, 3.8) is 0 Å². The normalized spacial score (nSPS) is 12.4. The number of primary amides is 1. The fraction of sp³-hybridized carbons (Fsp3) is 0.714. The Bertz CT molecular complexity index is 170. The number of carboxylic acids is 1. The molecule has 5 heteroatoms. The number of nitrogens with one attached hydrogen (secondary N) is 1. The minimum absolute atomic E-state index is 0.0610. The zero-order valence-electron chi connectivity index (χ0n) is 7.04. The fourth-order valence-electron chi connectivity index (χ4n) is 0.614. The van der Waals surface area contributed by atoms with Crippen LogP contribution >= 0.6 is 0 Å². The Hall–Kier alpha value is -1.10. The minimum Gasteiger partial charge on any atom is -0.481 e. The molecule has 4 N–H and O–H groups in total. The molecule has 0 aliphatic heterocycles. The second kappa shape index (κ2) is 5.54. The summed E-state index contributed by atoms with van der Waals surface area (Å²) in [5, 5.41) is 11.1. The van der Waals surface area contributed by atoms with Crippen molar-refractivity contribution in [3.05, 3.63) is 0 Å². The highest BCUT2D eigenvalue weighted by atomic mass is 16.4. The first kappa shape index (κ1) is 10.9. The van der Waals surface area contributed by atoms with Crippen LogP contribution in [0.2, 0.25) is 0 Å². The standard InChI is InChI=1S/C7H14N2O3/c1-5(7(8)12)4-9-3-2-6(10)11/h5,9H,2-4H2,1H3,(H2,8,12)(H,10,11). The fourth-order valence-corrected chi connectivity index (χ4v) is 0.614. The molecule has 0 fully saturated rings. The van der Waals surface area contributed by atoms with E-state index in [1.807, 2.05) is 0 Å². The summed E-state index contributed by atoms with van der Waals surface area (Å²) >= 11 is 0. The first-order valence-electron chi connectivity index (χ1n) is 3.76. The lowest BCUT2D eigenvalue weighted by Crippen LogP contribution is -2.31. The van der Waals surface area contributed by atoms with Crippen molar-refractivity contribution >= 4 is 11.9 Å². The zero-order chi connectivity index (χ0) is 9.56. The van der Waals surface area contributed by atoms with E-state index in [0.29, 0.717) is 13.1 Å². The molecule has 0 aromatic rings. The van der Waals surface area contributed by atoms with E-state index in [2.05, 4.69) is 5.32 Å². The number of carbonyl (C=O) groups excluding carboxylic acids is 1. The van der Waals surface area contributed by atoms with Crippen LogP contribution in [0.15, 0.2) is 0 Å². The average molecular weight is 174 g/mol. The van der Waals surface area contributed by atoms with Gasteiger partial charge in [0, 0.05) is 19.0 Å². The third kappa shape index (κ3) is 5.67. The number of amides is 1. The van der Waals surface area contributed by atoms with E-state index in [-0.39, 0.29) is 18.2 Å². The van der Waals surface area contributed by atoms with Crippen molar-refractivity contribution in [2.24, 2.45) is 11.7 Å². The highest BCUT2D eigenvalue weighted by Crippen LogP contribution is 1.89. The molecule has 0 aliphatic rings. The highest BCUT2D eigenvalue weighted by Gasteiger charge is 2.07. The number of hydrogen-bond donors (Lipinski definition) is 3. The number of hydrogen-bond acceptors (Lipinski definition) is 3. The first-order valence-corrected chi connectivity index (χ1v) is 3.76. The van der Waals surface area contributed by atoms with Crippen LogP contribution in [0.5, 0.6) is 0 Å². The molecular formula is C7H14N2O3. The Morgan fingerprint density at radius 2 is 2.17 bits per heavy atom. The van der Waals surface area contributed by atoms with Gasteiger partial charge >= 0.3 is 5.97 Å². The predicted molar refractivity (Wildman–Crippen MR) is 43.5 cm³/mol. The van der Waals surface area contributed by atoms with Gasteiger partial charge in [-0.1, -0.05) is 6.92 Å². The van der Waals surface area contributed by atoms with Gasteiger partial charge in [-0.05, 0) is 0 Å². The molecule has 0 saturated carbocycles. The van der Waals surface area contributed by atoms with Crippen molar-refractivity contribution in [2.75, 3.05) is 13.1 Å². The van der Waals surface area contributed by atoms with Crippen molar-refractivity contribution in [1.82, 2.24) is 5.32 Å². The van der Waals surface area contributed by atoms with Gasteiger partial charge in [-0.3, -0.25) is 9.59 Å². The van der Waals surface area contributed by atoms with Crippen LogP contribution in [0, 0.1) is 5.92 Å². The molecule has 0 aromatic heterocycles. The number of aliphatic carboxylic acids is 1. The molecule has 0 aromatic carbocycles. The van der Waals surface area contributed by atoms with E-state index < -0.39 is 5.97 Å². The second-order valence-corrected chi connectivity index (χ2v) is 2.65. The van der Waals surface area contributed by atoms with Crippen LogP contribution in [-0.4, -0.2) is 30.1 Å². The third-order valence-electron chi connectivity index (χ3n) is 1.45. The van der Waals surface area contributed by atoms with Crippen LogP contribution in [0.1, 0.15) is 13.3 Å². The van der Waals surface area contributed by atoms with E-state index in [1.54, 1.807) is 6.92 Å². The van der Waals surface area contributed by atoms with Gasteiger partial charge < -0.3 is 16.2 Å². The van der Waals surface area contributed by atoms with Gasteiger partial charge in [0.2, 0.25) is 5.91 Å². The molecule has 0 saturated heterocycles. The lowest BCUT2D eigenvalue weighted by atomic mass is 10.2. The Balaban J connectivity index is 3.31. The lowest BCUT2D eigenvalue weighted by molar-refractivity contribution is -0.136. The smallest absolute Gasteiger partial charge is 0.304 e. The van der Waals surface area contributed by atoms with Crippen LogP contribution in [0.3, 0.4) is 0 Å². The van der Waals surface area contributed by atoms with Crippen molar-refractivity contribution in [1.29, 1.82) is 0 Å². The minimum atomic E-state index is -0.853. The summed E-state index contributed by atoms with van der Waals surface area (Å²) in [6.07, 6.45) is 0.0610. The van der Waals surface area contributed by atoms with Crippen LogP contribution in [0.4, 0.5) is 0 Å². The van der Waals surface area contributed by atoms with Gasteiger partial charge in [0.1, 0.15) is 0 Å². The molecule has 1 amide bonds. The van der Waals surface area contributed by atoms with Crippen molar-refractivity contribution < 1.29 is 14.7 Å². The Kier molecular flexibility index (Phi) is 5.03. The zero-order valence-corrected chi connectivity index (χ0v) is 7.04. The van der Waals surface area contributed by atoms with E-state index in [9.17, 15) is 9.59 Å². The van der Waals surface area contributed by atoms with Gasteiger partial charge in [0.25, 0.3) is 0 Å². The Morgan fingerprint density at radius 1 is 1.58 bits per heavy atom. The SMILES string of the molecule is CC(CNCCC(=O)O)C(N)=O. The molecule has 1 atom stereocenters. The molecule has 0 spiro atoms. The van der Waals surface area contributed by atoms with E-state index >= 15 is 0 Å². The third-order valence-corrected chi connectivity index (χ3v) is 1.45. The highest BCUT2D eigenvalue weighted by molar-refractivity contribution is 5.76. The van der Waals surface area contributed by atoms with Gasteiger partial charge in [-0.15, -0.1) is 0 Å². The van der Waals surface area contributed by atoms with Crippen LogP contribution in [0.25, 0.3) is 0 Å². The summed E-state index contributed by atoms with van der Waals surface area (Å²) in [7, 11) is 0. The van der Waals surface area contributed by atoms with E-state index in [4.69, 9.17) is 10.8 Å². The molecule has 12 heavy (non-hydrogen) atoms. The topological polar surface area (TPSA) is 92.4 Å². The summed E-state index contributed by atoms with van der Waals surface area (Å²) in [6, 6.07) is 0. The summed E-state index contributed by atoms with van der Waals surface area (Å²) in [5.74, 6) is -1.48. The van der Waals surface area contributed by atoms with Gasteiger partial charge in [0.05, 0.1) is 6.42 Å². The summed E-state index contributed by atoms with van der Waals surface area (Å²) in [6.45, 7) is 2.49. The van der Waals surface area contributed by atoms with Crippen molar-refractivity contribution in [2.45, 2.75) is 13.3 Å². The van der Waals surface area contributed by atoms with Gasteiger partial charge in [-0.2, -0.15) is 0 Å². The summed E-state index contributed by atoms with van der Waals surface area (Å²) in [4.78, 5) is 20.5. The molecule has 0 rings (SSSR count). The van der Waals surface area contributed by atoms with Gasteiger partial charge in [-0.25, -0.2) is 0 Å². The number of carboxylic acid groups (broad SMARTS) is 1. The van der Waals surface area contributed by atoms with Crippen LogP contribution in [-0.2, 0) is 9.59 Å². The van der Waals surface area contributed by atoms with Gasteiger partial charge in [0.15, 0.2) is 0 Å². The summed E-state index contributed by atoms with van der Waals surface area (Å²) in [5.41, 5.74) is 4.98. The molecule has 0 bridgehead atoms. The van der Waals surface area contributed by atoms with E-state index in [1.165, 1.54) is 0 Å². The molecule has 5 nitrogen and oxygen atoms in total. The number of rotatable bonds is 6. The number of nitrogens with two attached hydrogens (primary N) is 1. The molecular weight excluding hydrogens is 160 g/mol. The molecule has 0 heterocycles. The lowest BCUT2D eigenvalue weighted by Gasteiger charge is -2.06. The maximum Gasteiger partial charge on any atom is 0.304 e. The maximum atomic E-state index is 10.5. The molecule has 0 aliphatic carbocycles. The Labute approximate surface area is 70.9 Å². The maximum absolute atomic E-state index is 10.5. The van der Waals surface area contributed by atoms with Crippen molar-refractivity contribution in [3.8, 4) is 0 Å². The van der Waals surface area contributed by atoms with Crippen LogP contribution < -0.4 is 11.1 Å². The summed E-state index contributed by atoms with van der Waals surface area (Å²) < 4.78 is 0. The average Bonchev–Trinajstić information content (AvgIpc) is 1.97. The quantitative estimate of drug-likeness (QED) is 0.458. The first-order chi connectivity index (χ1) is 5.54. The van der Waals surface area contributed by atoms with E-state index in [0.717, 1.165) is 0 Å². The molecule has 0 radical (unpaired) electrons. The predicted octanol–water partition coefficient (Wildman–Crippen LogP) is -0.828. The molecule has 1 unspecified atom stereocenters. The largest absolute Gasteiger partial charge is 0.481 e. The monoisotopic (exact) mass is 174 g/mol.